The fourth-order valence-electron chi connectivity index (χ4n) is 4.67. The van der Waals surface area contributed by atoms with Crippen molar-refractivity contribution in [2.75, 3.05) is 25.0 Å². The third-order valence-electron chi connectivity index (χ3n) is 6.71. The van der Waals surface area contributed by atoms with Crippen molar-refractivity contribution in [2.45, 2.75) is 51.0 Å². The second-order valence-electron chi connectivity index (χ2n) is 9.86. The highest BCUT2D eigenvalue weighted by Gasteiger charge is 2.33. The van der Waals surface area contributed by atoms with Crippen molar-refractivity contribution < 1.29 is 28.7 Å². The lowest BCUT2D eigenvalue weighted by molar-refractivity contribution is -0.389. The number of likely N-dealkylation sites (tertiary alicyclic amines) is 1. The lowest BCUT2D eigenvalue weighted by Crippen LogP contribution is -2.45. The fourth-order valence-corrected chi connectivity index (χ4v) is 4.67. The van der Waals surface area contributed by atoms with Gasteiger partial charge in [0, 0.05) is 25.2 Å². The van der Waals surface area contributed by atoms with Crippen molar-refractivity contribution in [2.24, 2.45) is 0 Å². The number of benzene rings is 1. The van der Waals surface area contributed by atoms with Crippen LogP contribution in [0, 0.1) is 17.0 Å². The fraction of sp³-hybridized carbons (Fsp3) is 0.407. The van der Waals surface area contributed by atoms with Crippen LogP contribution in [0.1, 0.15) is 24.8 Å². The van der Waals surface area contributed by atoms with E-state index >= 15 is 0 Å². The van der Waals surface area contributed by atoms with Gasteiger partial charge in [-0.25, -0.2) is 0 Å². The van der Waals surface area contributed by atoms with Gasteiger partial charge in [-0.05, 0) is 41.8 Å². The van der Waals surface area contributed by atoms with Crippen LogP contribution in [-0.4, -0.2) is 74.4 Å². The van der Waals surface area contributed by atoms with Crippen LogP contribution in [0.25, 0.3) is 0 Å². The summed E-state index contributed by atoms with van der Waals surface area (Å²) in [6.07, 6.45) is 5.10. The van der Waals surface area contributed by atoms with Crippen LogP contribution in [-0.2, 0) is 20.9 Å². The van der Waals surface area contributed by atoms with Gasteiger partial charge in [0.05, 0.1) is 31.1 Å². The number of nitrogens with zero attached hydrogens (tertiary/aromatic N) is 5. The summed E-state index contributed by atoms with van der Waals surface area (Å²) in [5, 5.41) is 17.9. The number of aromatic nitrogens is 3. The maximum Gasteiger partial charge on any atom is 0.367 e. The molecule has 0 aliphatic carbocycles. The molecule has 0 unspecified atom stereocenters. The highest BCUT2D eigenvalue weighted by molar-refractivity contribution is 5.94. The minimum absolute atomic E-state index is 0.0427. The number of aryl methyl sites for hydroxylation is 1. The van der Waals surface area contributed by atoms with Gasteiger partial charge in [0.1, 0.15) is 42.6 Å². The monoisotopic (exact) mass is 550 g/mol. The molecule has 4 heterocycles. The molecule has 0 saturated carbocycles. The van der Waals surface area contributed by atoms with Crippen molar-refractivity contribution in [3.05, 3.63) is 70.7 Å². The number of carbonyl (C=O) groups is 2. The minimum atomic E-state index is -0.759. The summed E-state index contributed by atoms with van der Waals surface area (Å²) < 4.78 is 18.9. The maximum absolute atomic E-state index is 12.9. The summed E-state index contributed by atoms with van der Waals surface area (Å²) in [6, 6.07) is 10.6. The van der Waals surface area contributed by atoms with Gasteiger partial charge in [-0.3, -0.25) is 14.3 Å². The average molecular weight is 551 g/mol. The van der Waals surface area contributed by atoms with Crippen LogP contribution in [0.4, 0.5) is 11.5 Å². The molecule has 210 valence electrons. The first-order valence-corrected chi connectivity index (χ1v) is 13.1. The van der Waals surface area contributed by atoms with E-state index in [1.54, 1.807) is 11.1 Å². The van der Waals surface area contributed by atoms with Crippen LogP contribution in [0.15, 0.2) is 55.0 Å². The van der Waals surface area contributed by atoms with Gasteiger partial charge in [0.2, 0.25) is 5.91 Å². The Morgan fingerprint density at radius 3 is 2.77 bits per heavy atom. The van der Waals surface area contributed by atoms with Crippen molar-refractivity contribution in [1.82, 2.24) is 19.7 Å². The number of piperidine rings is 1. The third-order valence-corrected chi connectivity index (χ3v) is 6.71. The third kappa shape index (κ3) is 6.91. The summed E-state index contributed by atoms with van der Waals surface area (Å²) in [5.74, 6) is 0.308. The molecule has 3 atom stereocenters. The van der Waals surface area contributed by atoms with Gasteiger partial charge >= 0.3 is 5.82 Å². The number of hydrogen-bond donors (Lipinski definition) is 1. The number of amides is 2. The lowest BCUT2D eigenvalue weighted by atomic mass is 10.1. The van der Waals surface area contributed by atoms with E-state index in [1.807, 2.05) is 31.2 Å². The highest BCUT2D eigenvalue weighted by atomic mass is 16.6. The Bertz CT molecular complexity index is 1360. The topological polar surface area (TPSA) is 151 Å². The first-order valence-electron chi connectivity index (χ1n) is 13.1. The molecule has 5 rings (SSSR count). The van der Waals surface area contributed by atoms with E-state index in [9.17, 15) is 19.7 Å². The molecule has 1 aromatic carbocycles. The van der Waals surface area contributed by atoms with E-state index in [0.717, 1.165) is 24.2 Å². The number of ether oxygens (including phenoxy) is 3. The quantitative estimate of drug-likeness (QED) is 0.313. The molecule has 40 heavy (non-hydrogen) atoms. The van der Waals surface area contributed by atoms with Gasteiger partial charge in [-0.2, -0.15) is 5.10 Å². The smallest absolute Gasteiger partial charge is 0.367 e. The minimum Gasteiger partial charge on any atom is -0.489 e. The van der Waals surface area contributed by atoms with Gasteiger partial charge in [-0.15, -0.1) is 0 Å². The molecule has 0 spiro atoms. The first-order chi connectivity index (χ1) is 19.3. The zero-order valence-corrected chi connectivity index (χ0v) is 22.0. The Morgan fingerprint density at radius 1 is 1.18 bits per heavy atom. The molecular formula is C27H30N6O7. The second-order valence-corrected chi connectivity index (χ2v) is 9.86. The van der Waals surface area contributed by atoms with E-state index < -0.39 is 17.1 Å². The summed E-state index contributed by atoms with van der Waals surface area (Å²) in [7, 11) is 0. The van der Waals surface area contributed by atoms with Crippen LogP contribution in [0.3, 0.4) is 0 Å². The Hall–Kier alpha value is -4.52. The molecule has 0 bridgehead atoms. The number of nitro groups is 1. The number of nitrogens with one attached hydrogen (secondary N) is 1. The molecule has 1 N–H and O–H groups in total. The summed E-state index contributed by atoms with van der Waals surface area (Å²) in [6.45, 7) is 3.39. The number of pyridine rings is 1. The van der Waals surface area contributed by atoms with Crippen LogP contribution in [0.5, 0.6) is 11.5 Å². The van der Waals surface area contributed by atoms with Gasteiger partial charge in [0.25, 0.3) is 5.91 Å². The zero-order valence-electron chi connectivity index (χ0n) is 22.0. The standard InChI is InChI=1S/C27H30N6O7/c1-18-4-6-20(7-5-18)39-22-3-2-10-31(15-22)26(34)16-32-14-19(13-29-32)30-27(35)24-11-23(17-38-24)40-21-8-9-28-25(12-21)33(36)37/h4-9,12-14,22-24H,2-3,10-11,15-17H2,1H3,(H,30,35)/t22-,23-,24+/m0/s1. The van der Waals surface area contributed by atoms with Gasteiger partial charge in [0.15, 0.2) is 0 Å². The Kier molecular flexibility index (Phi) is 8.20. The van der Waals surface area contributed by atoms with E-state index in [2.05, 4.69) is 15.4 Å². The molecule has 2 aromatic heterocycles. The van der Waals surface area contributed by atoms with E-state index in [1.165, 1.54) is 29.2 Å². The predicted molar refractivity (Wildman–Crippen MR) is 142 cm³/mol. The molecule has 2 saturated heterocycles. The predicted octanol–water partition coefficient (Wildman–Crippen LogP) is 2.74. The van der Waals surface area contributed by atoms with E-state index in [4.69, 9.17) is 14.2 Å². The molecule has 2 aliphatic heterocycles. The van der Waals surface area contributed by atoms with Crippen molar-refractivity contribution >= 4 is 23.3 Å². The second kappa shape index (κ2) is 12.1. The van der Waals surface area contributed by atoms with Gasteiger partial charge < -0.3 is 34.5 Å². The number of anilines is 1. The van der Waals surface area contributed by atoms with Crippen molar-refractivity contribution in [3.8, 4) is 11.5 Å². The summed E-state index contributed by atoms with van der Waals surface area (Å²) in [5.41, 5.74) is 1.60. The molecule has 2 amide bonds. The SMILES string of the molecule is Cc1ccc(O[C@H]2CCCN(C(=O)Cn3cc(NC(=O)[C@H]4C[C@H](Oc5ccnc([N+](=O)[O-])c5)CO4)cn3)C2)cc1. The molecule has 0 radical (unpaired) electrons. The number of hydrogen-bond acceptors (Lipinski definition) is 9. The Morgan fingerprint density at radius 2 is 1.98 bits per heavy atom. The summed E-state index contributed by atoms with van der Waals surface area (Å²) in [4.78, 5) is 41.4. The highest BCUT2D eigenvalue weighted by Crippen LogP contribution is 2.24. The van der Waals surface area contributed by atoms with Crippen molar-refractivity contribution in [3.63, 3.8) is 0 Å². The van der Waals surface area contributed by atoms with Crippen molar-refractivity contribution in [1.29, 1.82) is 0 Å². The summed E-state index contributed by atoms with van der Waals surface area (Å²) >= 11 is 0. The Balaban J connectivity index is 1.08. The molecular weight excluding hydrogens is 520 g/mol. The number of rotatable bonds is 9. The Labute approximate surface area is 230 Å². The first kappa shape index (κ1) is 27.1. The lowest BCUT2D eigenvalue weighted by Gasteiger charge is -2.33. The van der Waals surface area contributed by atoms with E-state index in [-0.39, 0.29) is 49.1 Å². The number of carbonyl (C=O) groups excluding carboxylic acids is 2. The molecule has 13 heteroatoms. The van der Waals surface area contributed by atoms with Crippen LogP contribution in [0.2, 0.25) is 0 Å². The largest absolute Gasteiger partial charge is 0.489 e. The van der Waals surface area contributed by atoms with Crippen LogP contribution >= 0.6 is 0 Å². The van der Waals surface area contributed by atoms with Gasteiger partial charge in [-0.1, -0.05) is 17.7 Å². The normalized spacial score (nSPS) is 20.6. The molecule has 2 fully saturated rings. The molecule has 13 nitrogen and oxygen atoms in total. The average Bonchev–Trinajstić information content (AvgIpc) is 3.60. The molecule has 2 aliphatic rings. The van der Waals surface area contributed by atoms with E-state index in [0.29, 0.717) is 18.8 Å². The molecule has 3 aromatic rings. The zero-order chi connectivity index (χ0) is 28.1. The van der Waals surface area contributed by atoms with Crippen LogP contribution < -0.4 is 14.8 Å². The maximum atomic E-state index is 12.9.